The zero-order valence-corrected chi connectivity index (χ0v) is 11.6. The van der Waals surface area contributed by atoms with Gasteiger partial charge in [-0.2, -0.15) is 0 Å². The highest BCUT2D eigenvalue weighted by atomic mass is 35.5. The molecule has 1 N–H and O–H groups in total. The predicted molar refractivity (Wildman–Crippen MR) is 79.3 cm³/mol. The Hall–Kier alpha value is -1.19. The Labute approximate surface area is 117 Å². The number of hydrogen-bond donors (Lipinski definition) is 1. The number of hydrogen-bond acceptors (Lipinski definition) is 2. The van der Waals surface area contributed by atoms with Gasteiger partial charge >= 0.3 is 5.97 Å². The number of allylic oxidation sites excluding steroid dienone is 3. The monoisotopic (exact) mass is 282 g/mol. The Morgan fingerprint density at radius 1 is 1.33 bits per heavy atom. The molecule has 0 spiro atoms. The predicted octanol–water partition coefficient (Wildman–Crippen LogP) is 3.64. The van der Waals surface area contributed by atoms with Crippen LogP contribution in [0.15, 0.2) is 48.6 Å². The molecule has 0 heterocycles. The van der Waals surface area contributed by atoms with Gasteiger partial charge in [-0.1, -0.05) is 48.6 Å². The lowest BCUT2D eigenvalue weighted by Gasteiger charge is -2.25. The normalized spacial score (nSPS) is 21.9. The van der Waals surface area contributed by atoms with Crippen molar-refractivity contribution in [3.63, 3.8) is 0 Å². The van der Waals surface area contributed by atoms with E-state index in [0.717, 1.165) is 11.1 Å². The van der Waals surface area contributed by atoms with Crippen LogP contribution in [-0.4, -0.2) is 22.1 Å². The standard InChI is InChI=1S/C14H14O2S.ClH/c1-17-14(13(15)16)9-7-12(8-10-14)11-5-3-2-4-6-11;/h2-9H,10H2,1H3,(H,15,16);1H. The van der Waals surface area contributed by atoms with Gasteiger partial charge in [0, 0.05) is 0 Å². The summed E-state index contributed by atoms with van der Waals surface area (Å²) in [5.74, 6) is -0.774. The van der Waals surface area contributed by atoms with Gasteiger partial charge < -0.3 is 5.11 Å². The van der Waals surface area contributed by atoms with Crippen molar-refractivity contribution in [3.8, 4) is 0 Å². The van der Waals surface area contributed by atoms with E-state index in [0.29, 0.717) is 6.42 Å². The molecular weight excluding hydrogens is 268 g/mol. The SMILES string of the molecule is CSC1(C(=O)O)C=CC(c2ccccc2)=CC1.Cl. The molecule has 96 valence electrons. The molecule has 18 heavy (non-hydrogen) atoms. The smallest absolute Gasteiger partial charge is 0.324 e. The lowest BCUT2D eigenvalue weighted by atomic mass is 9.92. The Morgan fingerprint density at radius 2 is 2.00 bits per heavy atom. The molecule has 0 amide bonds. The molecule has 4 heteroatoms. The van der Waals surface area contributed by atoms with Crippen molar-refractivity contribution in [2.75, 3.05) is 6.26 Å². The second-order valence-electron chi connectivity index (χ2n) is 3.96. The maximum absolute atomic E-state index is 11.2. The average molecular weight is 283 g/mol. The van der Waals surface area contributed by atoms with E-state index >= 15 is 0 Å². The number of halogens is 1. The van der Waals surface area contributed by atoms with E-state index in [1.165, 1.54) is 11.8 Å². The van der Waals surface area contributed by atoms with Gasteiger partial charge in [0.1, 0.15) is 4.75 Å². The first-order valence-electron chi connectivity index (χ1n) is 5.41. The Kier molecular flexibility index (Phi) is 5.05. The van der Waals surface area contributed by atoms with E-state index in [2.05, 4.69) is 0 Å². The van der Waals surface area contributed by atoms with Crippen LogP contribution in [0.25, 0.3) is 5.57 Å². The van der Waals surface area contributed by atoms with Crippen molar-refractivity contribution in [3.05, 3.63) is 54.1 Å². The third kappa shape index (κ3) is 2.79. The third-order valence-corrected chi connectivity index (χ3v) is 4.20. The first kappa shape index (κ1) is 14.9. The van der Waals surface area contributed by atoms with Gasteiger partial charge in [0.15, 0.2) is 0 Å². The summed E-state index contributed by atoms with van der Waals surface area (Å²) < 4.78 is -0.793. The van der Waals surface area contributed by atoms with Gasteiger partial charge in [-0.3, -0.25) is 4.79 Å². The van der Waals surface area contributed by atoms with Crippen molar-refractivity contribution in [2.45, 2.75) is 11.2 Å². The number of rotatable bonds is 3. The van der Waals surface area contributed by atoms with Crippen LogP contribution in [0.2, 0.25) is 0 Å². The molecule has 1 unspecified atom stereocenters. The highest BCUT2D eigenvalue weighted by molar-refractivity contribution is 8.00. The van der Waals surface area contributed by atoms with Crippen LogP contribution < -0.4 is 0 Å². The van der Waals surface area contributed by atoms with Gasteiger partial charge in [-0.25, -0.2) is 0 Å². The van der Waals surface area contributed by atoms with E-state index in [1.807, 2.05) is 48.7 Å². The second-order valence-corrected chi connectivity index (χ2v) is 5.10. The highest BCUT2D eigenvalue weighted by Gasteiger charge is 2.35. The first-order valence-corrected chi connectivity index (χ1v) is 6.64. The van der Waals surface area contributed by atoms with Crippen LogP contribution in [-0.2, 0) is 4.79 Å². The molecule has 1 atom stereocenters. The zero-order chi connectivity index (χ0) is 12.3. The summed E-state index contributed by atoms with van der Waals surface area (Å²) in [6.45, 7) is 0. The van der Waals surface area contributed by atoms with E-state index in [4.69, 9.17) is 0 Å². The fourth-order valence-corrected chi connectivity index (χ4v) is 2.49. The summed E-state index contributed by atoms with van der Waals surface area (Å²) >= 11 is 1.37. The Balaban J connectivity index is 0.00000162. The Bertz CT molecular complexity index is 482. The zero-order valence-electron chi connectivity index (χ0n) is 10.00. The maximum atomic E-state index is 11.2. The number of aliphatic carboxylic acids is 1. The van der Waals surface area contributed by atoms with Crippen molar-refractivity contribution >= 4 is 35.7 Å². The van der Waals surface area contributed by atoms with Crippen LogP contribution in [0.5, 0.6) is 0 Å². The third-order valence-electron chi connectivity index (χ3n) is 2.99. The summed E-state index contributed by atoms with van der Waals surface area (Å²) in [4.78, 5) is 11.2. The molecule has 2 nitrogen and oxygen atoms in total. The maximum Gasteiger partial charge on any atom is 0.324 e. The molecule has 2 rings (SSSR count). The summed E-state index contributed by atoms with van der Waals surface area (Å²) in [6.07, 6.45) is 8.07. The fraction of sp³-hybridized carbons (Fsp3) is 0.214. The van der Waals surface area contributed by atoms with Crippen LogP contribution in [0.4, 0.5) is 0 Å². The number of carboxylic acid groups (broad SMARTS) is 1. The van der Waals surface area contributed by atoms with Gasteiger partial charge in [-0.15, -0.1) is 24.2 Å². The molecule has 0 fully saturated rings. The quantitative estimate of drug-likeness (QED) is 0.920. The van der Waals surface area contributed by atoms with E-state index in [1.54, 1.807) is 6.08 Å². The number of carbonyl (C=O) groups is 1. The summed E-state index contributed by atoms with van der Waals surface area (Å²) in [5.41, 5.74) is 2.22. The summed E-state index contributed by atoms with van der Waals surface area (Å²) in [7, 11) is 0. The molecule has 1 aromatic rings. The summed E-state index contributed by atoms with van der Waals surface area (Å²) in [5, 5.41) is 9.24. The molecule has 0 bridgehead atoms. The van der Waals surface area contributed by atoms with Crippen molar-refractivity contribution in [1.29, 1.82) is 0 Å². The minimum atomic E-state index is -0.793. The van der Waals surface area contributed by atoms with Crippen LogP contribution in [0.1, 0.15) is 12.0 Å². The molecule has 1 aliphatic carbocycles. The van der Waals surface area contributed by atoms with Crippen molar-refractivity contribution in [2.24, 2.45) is 0 Å². The number of benzene rings is 1. The molecule has 0 aliphatic heterocycles. The lowest BCUT2D eigenvalue weighted by Crippen LogP contribution is -2.33. The van der Waals surface area contributed by atoms with Gasteiger partial charge in [0.05, 0.1) is 0 Å². The molecule has 0 aromatic heterocycles. The van der Waals surface area contributed by atoms with Gasteiger partial charge in [0.25, 0.3) is 0 Å². The van der Waals surface area contributed by atoms with Crippen LogP contribution in [0.3, 0.4) is 0 Å². The molecule has 0 saturated heterocycles. The van der Waals surface area contributed by atoms with E-state index < -0.39 is 10.7 Å². The summed E-state index contributed by atoms with van der Waals surface area (Å²) in [6, 6.07) is 10.0. The highest BCUT2D eigenvalue weighted by Crippen LogP contribution is 2.35. The number of carboxylic acids is 1. The fourth-order valence-electron chi connectivity index (χ4n) is 1.86. The van der Waals surface area contributed by atoms with Gasteiger partial charge in [0.2, 0.25) is 0 Å². The molecule has 1 aliphatic rings. The van der Waals surface area contributed by atoms with E-state index in [-0.39, 0.29) is 12.4 Å². The topological polar surface area (TPSA) is 37.3 Å². The molecular formula is C14H15ClO2S. The van der Waals surface area contributed by atoms with E-state index in [9.17, 15) is 9.90 Å². The van der Waals surface area contributed by atoms with Gasteiger partial charge in [-0.05, 0) is 23.8 Å². The molecule has 0 radical (unpaired) electrons. The molecule has 1 aromatic carbocycles. The van der Waals surface area contributed by atoms with Crippen molar-refractivity contribution in [1.82, 2.24) is 0 Å². The van der Waals surface area contributed by atoms with Crippen molar-refractivity contribution < 1.29 is 9.90 Å². The largest absolute Gasteiger partial charge is 0.480 e. The minimum Gasteiger partial charge on any atom is -0.480 e. The first-order chi connectivity index (χ1) is 8.18. The molecule has 0 saturated carbocycles. The minimum absolute atomic E-state index is 0. The van der Waals surface area contributed by atoms with Crippen LogP contribution >= 0.6 is 24.2 Å². The number of thioether (sulfide) groups is 1. The Morgan fingerprint density at radius 3 is 2.44 bits per heavy atom. The van der Waals surface area contributed by atoms with Crippen LogP contribution in [0, 0.1) is 0 Å². The second kappa shape index (κ2) is 6.12. The lowest BCUT2D eigenvalue weighted by molar-refractivity contribution is -0.138. The average Bonchev–Trinajstić information content (AvgIpc) is 2.39.